The number of aromatic nitrogens is 1. The van der Waals surface area contributed by atoms with E-state index in [1.54, 1.807) is 12.1 Å². The highest BCUT2D eigenvalue weighted by Crippen LogP contribution is 2.63. The van der Waals surface area contributed by atoms with E-state index < -0.39 is 10.0 Å². The standard InChI is InChI=1S/C21H31N3O3S/c1-3-20(8-10-27-11-9-20)15-23-28(25,26)18-5-4-16(2)24-19(18)22-14-17-12-21(13-17)6-7-21/h3-5,17,23H,1,6-15H2,2H3,(H,22,24). The van der Waals surface area contributed by atoms with Crippen LogP contribution in [0.3, 0.4) is 0 Å². The molecular weight excluding hydrogens is 374 g/mol. The van der Waals surface area contributed by atoms with E-state index in [-0.39, 0.29) is 10.3 Å². The third-order valence-electron chi connectivity index (χ3n) is 6.78. The Morgan fingerprint density at radius 1 is 1.25 bits per heavy atom. The Hall–Kier alpha value is -1.44. The summed E-state index contributed by atoms with van der Waals surface area (Å²) in [6, 6.07) is 3.40. The molecule has 154 valence electrons. The topological polar surface area (TPSA) is 80.3 Å². The minimum Gasteiger partial charge on any atom is -0.381 e. The van der Waals surface area contributed by atoms with Gasteiger partial charge >= 0.3 is 0 Å². The summed E-state index contributed by atoms with van der Waals surface area (Å²) in [5, 5.41) is 3.32. The number of hydrogen-bond acceptors (Lipinski definition) is 5. The zero-order chi connectivity index (χ0) is 19.8. The van der Waals surface area contributed by atoms with Crippen molar-refractivity contribution in [2.75, 3.05) is 31.6 Å². The fraction of sp³-hybridized carbons (Fsp3) is 0.667. The molecule has 1 spiro atoms. The minimum atomic E-state index is -3.67. The van der Waals surface area contributed by atoms with E-state index in [0.717, 1.165) is 25.1 Å². The van der Waals surface area contributed by atoms with Crippen LogP contribution in [-0.2, 0) is 14.8 Å². The van der Waals surface area contributed by atoms with Crippen LogP contribution in [0.1, 0.15) is 44.2 Å². The summed E-state index contributed by atoms with van der Waals surface area (Å²) in [5.41, 5.74) is 1.20. The van der Waals surface area contributed by atoms with Crippen LogP contribution in [0.2, 0.25) is 0 Å². The molecule has 0 aromatic carbocycles. The van der Waals surface area contributed by atoms with Gasteiger partial charge in [0.1, 0.15) is 10.7 Å². The summed E-state index contributed by atoms with van der Waals surface area (Å²) in [7, 11) is -3.67. The first kappa shape index (κ1) is 19.9. The van der Waals surface area contributed by atoms with Gasteiger partial charge in [-0.3, -0.25) is 0 Å². The first-order valence-electron chi connectivity index (χ1n) is 10.3. The molecule has 3 fully saturated rings. The van der Waals surface area contributed by atoms with Crippen molar-refractivity contribution in [3.8, 4) is 0 Å². The van der Waals surface area contributed by atoms with Crippen LogP contribution in [0.4, 0.5) is 5.82 Å². The average molecular weight is 406 g/mol. The number of nitrogens with zero attached hydrogens (tertiary/aromatic N) is 1. The smallest absolute Gasteiger partial charge is 0.244 e. The van der Waals surface area contributed by atoms with Gasteiger partial charge in [-0.05, 0) is 68.9 Å². The Bertz CT molecular complexity index is 834. The van der Waals surface area contributed by atoms with Gasteiger partial charge in [0, 0.05) is 37.4 Å². The van der Waals surface area contributed by atoms with Crippen LogP contribution in [-0.4, -0.2) is 39.7 Å². The molecule has 28 heavy (non-hydrogen) atoms. The van der Waals surface area contributed by atoms with Crippen molar-refractivity contribution < 1.29 is 13.2 Å². The lowest BCUT2D eigenvalue weighted by Crippen LogP contribution is -2.40. The molecule has 2 aliphatic carbocycles. The molecule has 1 aromatic heterocycles. The molecule has 7 heteroatoms. The number of rotatable bonds is 8. The highest BCUT2D eigenvalue weighted by atomic mass is 32.2. The van der Waals surface area contributed by atoms with E-state index in [1.165, 1.54) is 25.7 Å². The third-order valence-corrected chi connectivity index (χ3v) is 8.21. The monoisotopic (exact) mass is 405 g/mol. The van der Waals surface area contributed by atoms with Gasteiger partial charge in [0.25, 0.3) is 0 Å². The van der Waals surface area contributed by atoms with Crippen LogP contribution in [0.25, 0.3) is 0 Å². The first-order valence-corrected chi connectivity index (χ1v) is 11.8. The predicted octanol–water partition coefficient (Wildman–Crippen LogP) is 3.25. The van der Waals surface area contributed by atoms with Crippen molar-refractivity contribution in [2.24, 2.45) is 16.7 Å². The third kappa shape index (κ3) is 4.11. The van der Waals surface area contributed by atoms with Crippen molar-refractivity contribution in [1.29, 1.82) is 0 Å². The molecule has 0 unspecified atom stereocenters. The highest BCUT2D eigenvalue weighted by molar-refractivity contribution is 7.89. The summed E-state index contributed by atoms with van der Waals surface area (Å²) in [6.45, 7) is 8.20. The van der Waals surface area contributed by atoms with Gasteiger partial charge in [-0.1, -0.05) is 6.08 Å². The maximum atomic E-state index is 13.0. The van der Waals surface area contributed by atoms with E-state index in [2.05, 4.69) is 21.6 Å². The van der Waals surface area contributed by atoms with E-state index in [9.17, 15) is 8.42 Å². The summed E-state index contributed by atoms with van der Waals surface area (Å²) >= 11 is 0. The largest absolute Gasteiger partial charge is 0.381 e. The quantitative estimate of drug-likeness (QED) is 0.649. The van der Waals surface area contributed by atoms with Crippen molar-refractivity contribution in [1.82, 2.24) is 9.71 Å². The fourth-order valence-corrected chi connectivity index (χ4v) is 5.82. The van der Waals surface area contributed by atoms with Gasteiger partial charge in [0.2, 0.25) is 10.0 Å². The summed E-state index contributed by atoms with van der Waals surface area (Å²) < 4.78 is 34.3. The number of sulfonamides is 1. The van der Waals surface area contributed by atoms with Crippen LogP contribution in [0, 0.1) is 23.7 Å². The van der Waals surface area contributed by atoms with Crippen LogP contribution >= 0.6 is 0 Å². The zero-order valence-corrected chi connectivity index (χ0v) is 17.5. The van der Waals surface area contributed by atoms with E-state index in [4.69, 9.17) is 4.74 Å². The van der Waals surface area contributed by atoms with Crippen molar-refractivity contribution in [3.05, 3.63) is 30.5 Å². The molecule has 2 saturated carbocycles. The Morgan fingerprint density at radius 2 is 1.96 bits per heavy atom. The molecule has 0 radical (unpaired) electrons. The summed E-state index contributed by atoms with van der Waals surface area (Å²) in [4.78, 5) is 4.71. The van der Waals surface area contributed by atoms with Gasteiger partial charge in [-0.2, -0.15) is 0 Å². The van der Waals surface area contributed by atoms with Crippen molar-refractivity contribution in [2.45, 2.75) is 50.3 Å². The maximum Gasteiger partial charge on any atom is 0.244 e. The highest BCUT2D eigenvalue weighted by Gasteiger charge is 2.52. The lowest BCUT2D eigenvalue weighted by Gasteiger charge is -2.36. The van der Waals surface area contributed by atoms with Crippen LogP contribution in [0.15, 0.2) is 29.7 Å². The second-order valence-corrected chi connectivity index (χ2v) is 10.7. The second kappa shape index (κ2) is 7.43. The number of aryl methyl sites for hydroxylation is 1. The molecule has 1 aromatic rings. The molecule has 4 rings (SSSR count). The lowest BCUT2D eigenvalue weighted by atomic mass is 9.72. The maximum absolute atomic E-state index is 13.0. The van der Waals surface area contributed by atoms with Crippen molar-refractivity contribution >= 4 is 15.8 Å². The van der Waals surface area contributed by atoms with E-state index >= 15 is 0 Å². The molecular formula is C21H31N3O3S. The number of pyridine rings is 1. The SMILES string of the molecule is C=CC1(CNS(=O)(=O)c2ccc(C)nc2NCC2CC3(CC3)C2)CCOCC1. The molecule has 2 heterocycles. The second-order valence-electron chi connectivity index (χ2n) is 8.96. The molecule has 6 nitrogen and oxygen atoms in total. The van der Waals surface area contributed by atoms with Crippen LogP contribution < -0.4 is 10.0 Å². The van der Waals surface area contributed by atoms with Crippen molar-refractivity contribution in [3.63, 3.8) is 0 Å². The van der Waals surface area contributed by atoms with Gasteiger partial charge < -0.3 is 10.1 Å². The molecule has 0 atom stereocenters. The zero-order valence-electron chi connectivity index (χ0n) is 16.7. The van der Waals surface area contributed by atoms with Gasteiger partial charge in [-0.25, -0.2) is 18.1 Å². The van der Waals surface area contributed by atoms with E-state index in [0.29, 0.717) is 36.9 Å². The molecule has 1 saturated heterocycles. The molecule has 1 aliphatic heterocycles. The van der Waals surface area contributed by atoms with Gasteiger partial charge in [-0.15, -0.1) is 6.58 Å². The number of hydrogen-bond donors (Lipinski definition) is 2. The number of anilines is 1. The predicted molar refractivity (Wildman–Crippen MR) is 110 cm³/mol. The van der Waals surface area contributed by atoms with Gasteiger partial charge in [0.05, 0.1) is 0 Å². The average Bonchev–Trinajstić information content (AvgIpc) is 3.46. The Morgan fingerprint density at radius 3 is 2.61 bits per heavy atom. The Labute approximate surface area is 168 Å². The first-order chi connectivity index (χ1) is 13.4. The fourth-order valence-electron chi connectivity index (χ4n) is 4.57. The normalized spacial score (nSPS) is 23.2. The molecule has 3 aliphatic rings. The Kier molecular flexibility index (Phi) is 5.27. The van der Waals surface area contributed by atoms with Crippen LogP contribution in [0.5, 0.6) is 0 Å². The lowest BCUT2D eigenvalue weighted by molar-refractivity contribution is 0.0396. The van der Waals surface area contributed by atoms with E-state index in [1.807, 2.05) is 13.0 Å². The summed E-state index contributed by atoms with van der Waals surface area (Å²) in [6.07, 6.45) is 8.68. The molecule has 2 N–H and O–H groups in total. The minimum absolute atomic E-state index is 0.227. The summed E-state index contributed by atoms with van der Waals surface area (Å²) in [5.74, 6) is 1.09. The number of nitrogens with one attached hydrogen (secondary N) is 2. The molecule has 0 amide bonds. The Balaban J connectivity index is 1.44. The molecule has 0 bridgehead atoms. The van der Waals surface area contributed by atoms with Gasteiger partial charge in [0.15, 0.2) is 0 Å². The number of ether oxygens (including phenoxy) is 1.